The number of nitrogens with zero attached hydrogens (tertiary/aromatic N) is 4. The van der Waals surface area contributed by atoms with Crippen LogP contribution in [0.2, 0.25) is 0 Å². The first-order valence-electron chi connectivity index (χ1n) is 20.4. The minimum Gasteiger partial charge on any atom is -0.506 e. The number of hydrogen-bond acceptors (Lipinski definition) is 9. The lowest BCUT2D eigenvalue weighted by Gasteiger charge is -2.25. The Kier molecular flexibility index (Phi) is 17.6. The largest absolute Gasteiger partial charge is 0.506 e. The van der Waals surface area contributed by atoms with Crippen LogP contribution in [0.3, 0.4) is 0 Å². The molecule has 2 amide bonds. The number of hydrazone groups is 2. The fourth-order valence-electron chi connectivity index (χ4n) is 6.85. The van der Waals surface area contributed by atoms with Crippen LogP contribution in [0.5, 0.6) is 11.5 Å². The number of unbranched alkanes of at least 4 members (excludes halogenated alkanes) is 2. The van der Waals surface area contributed by atoms with Gasteiger partial charge in [0.2, 0.25) is 0 Å². The molecule has 0 aliphatic heterocycles. The lowest BCUT2D eigenvalue weighted by atomic mass is 10.1. The van der Waals surface area contributed by atoms with E-state index in [-0.39, 0.29) is 36.4 Å². The van der Waals surface area contributed by atoms with Crippen molar-refractivity contribution < 1.29 is 24.5 Å². The molecular weight excluding hydrogens is 1060 g/mol. The van der Waals surface area contributed by atoms with E-state index in [4.69, 9.17) is 4.74 Å². The summed E-state index contributed by atoms with van der Waals surface area (Å²) in [6.07, 6.45) is 3.25. The van der Waals surface area contributed by atoms with Crippen molar-refractivity contribution in [2.75, 3.05) is 49.2 Å². The van der Waals surface area contributed by atoms with Gasteiger partial charge in [0.05, 0.1) is 42.4 Å². The molecular formula is C48H48Br4N6O5. The standard InChI is InChI=1S/C48H48Br4N6O5/c1-31(37-25-41(49)47(61)42(50)26-37)53-55-45(59)29-57(39-17-15-33-11-3-5-13-35(33)23-39)19-7-9-21-63-22-10-8-20-58(40-18-16-34-12-4-6-14-36(34)24-40)30-46(60)56-54-32(2)38-27-43(51)48(62)44(52)28-38/h3-6,11-18,23-28,61-62H,7-10,19-22,29-30H2,1-2H3,(H,55,59)(H,56,60)/b53-31-,54-32-. The third-order valence-corrected chi connectivity index (χ3v) is 12.8. The molecule has 63 heavy (non-hydrogen) atoms. The van der Waals surface area contributed by atoms with E-state index in [9.17, 15) is 19.8 Å². The summed E-state index contributed by atoms with van der Waals surface area (Å²) < 4.78 is 8.16. The maximum absolute atomic E-state index is 13.3. The Morgan fingerprint density at radius 2 is 0.905 bits per heavy atom. The lowest BCUT2D eigenvalue weighted by Crippen LogP contribution is -2.36. The van der Waals surface area contributed by atoms with Crippen LogP contribution in [0.25, 0.3) is 21.5 Å². The molecule has 0 aliphatic rings. The fourth-order valence-corrected chi connectivity index (χ4v) is 9.22. The van der Waals surface area contributed by atoms with Crippen molar-refractivity contribution in [1.82, 2.24) is 10.9 Å². The van der Waals surface area contributed by atoms with Crippen LogP contribution in [-0.4, -0.2) is 72.8 Å². The van der Waals surface area contributed by atoms with Crippen molar-refractivity contribution in [3.8, 4) is 11.5 Å². The van der Waals surface area contributed by atoms with E-state index in [2.05, 4.69) is 143 Å². The molecule has 0 aliphatic carbocycles. The first-order valence-corrected chi connectivity index (χ1v) is 23.6. The number of amides is 2. The quantitative estimate of drug-likeness (QED) is 0.0339. The highest BCUT2D eigenvalue weighted by molar-refractivity contribution is 9.11. The highest BCUT2D eigenvalue weighted by atomic mass is 79.9. The van der Waals surface area contributed by atoms with Crippen LogP contribution in [0.15, 0.2) is 137 Å². The predicted molar refractivity (Wildman–Crippen MR) is 269 cm³/mol. The number of phenols is 2. The zero-order valence-corrected chi connectivity index (χ0v) is 41.2. The third-order valence-electron chi connectivity index (χ3n) is 10.4. The Balaban J connectivity index is 0.998. The van der Waals surface area contributed by atoms with Gasteiger partial charge in [0.25, 0.3) is 11.8 Å². The molecule has 0 spiro atoms. The van der Waals surface area contributed by atoms with E-state index < -0.39 is 0 Å². The maximum Gasteiger partial charge on any atom is 0.259 e. The van der Waals surface area contributed by atoms with Crippen LogP contribution in [0.4, 0.5) is 11.4 Å². The Bertz CT molecular complexity index is 2420. The fraction of sp³-hybridized carbons (Fsp3) is 0.250. The minimum absolute atomic E-state index is 0.0966. The van der Waals surface area contributed by atoms with Crippen molar-refractivity contribution in [2.45, 2.75) is 39.5 Å². The smallest absolute Gasteiger partial charge is 0.259 e. The van der Waals surface area contributed by atoms with Gasteiger partial charge in [0, 0.05) is 37.7 Å². The van der Waals surface area contributed by atoms with Gasteiger partial charge in [0.15, 0.2) is 0 Å². The van der Waals surface area contributed by atoms with Crippen molar-refractivity contribution in [1.29, 1.82) is 0 Å². The molecule has 15 heteroatoms. The summed E-state index contributed by atoms with van der Waals surface area (Å²) >= 11 is 13.4. The number of hydrogen-bond donors (Lipinski definition) is 4. The van der Waals surface area contributed by atoms with Gasteiger partial charge in [-0.2, -0.15) is 10.2 Å². The van der Waals surface area contributed by atoms with Gasteiger partial charge >= 0.3 is 0 Å². The SMILES string of the molecule is C/C(=N/NC(=O)CN(CCCCOCCCCN(CC(=O)N/N=C(/C)c1cc(Br)c(O)c(Br)c1)c1ccc2ccccc2c1)c1ccc2ccccc2c1)c1cc(Br)c(O)c(Br)c1. The highest BCUT2D eigenvalue weighted by Gasteiger charge is 2.16. The Hall–Kier alpha value is -4.80. The molecule has 4 N–H and O–H groups in total. The molecule has 328 valence electrons. The average Bonchev–Trinajstić information content (AvgIpc) is 3.28. The molecule has 6 aromatic carbocycles. The van der Waals surface area contributed by atoms with Crippen LogP contribution in [-0.2, 0) is 14.3 Å². The molecule has 0 heterocycles. The molecule has 0 aromatic heterocycles. The Labute approximate surface area is 401 Å². The number of anilines is 2. The number of benzene rings is 6. The molecule has 0 atom stereocenters. The lowest BCUT2D eigenvalue weighted by molar-refractivity contribution is -0.120. The summed E-state index contributed by atoms with van der Waals surface area (Å²) in [5.74, 6) is -0.298. The molecule has 0 saturated heterocycles. The van der Waals surface area contributed by atoms with E-state index in [1.807, 2.05) is 36.4 Å². The number of aromatic hydroxyl groups is 2. The monoisotopic (exact) mass is 1100 g/mol. The third kappa shape index (κ3) is 13.6. The van der Waals surface area contributed by atoms with Gasteiger partial charge in [-0.25, -0.2) is 10.9 Å². The topological polar surface area (TPSA) is 139 Å². The summed E-state index contributed by atoms with van der Waals surface area (Å²) in [6.45, 7) is 6.29. The highest BCUT2D eigenvalue weighted by Crippen LogP contribution is 2.35. The molecule has 6 aromatic rings. The number of ether oxygens (including phenoxy) is 1. The molecule has 0 saturated carbocycles. The molecule has 6 rings (SSSR count). The van der Waals surface area contributed by atoms with Gasteiger partial charge < -0.3 is 24.7 Å². The number of rotatable bonds is 20. The second-order valence-corrected chi connectivity index (χ2v) is 18.4. The van der Waals surface area contributed by atoms with Gasteiger partial charge in [-0.05, 0) is 184 Å². The predicted octanol–water partition coefficient (Wildman–Crippen LogP) is 11.4. The van der Waals surface area contributed by atoms with Crippen molar-refractivity contribution >= 4 is 120 Å². The Morgan fingerprint density at radius 3 is 1.29 bits per heavy atom. The minimum atomic E-state index is -0.246. The van der Waals surface area contributed by atoms with Gasteiger partial charge in [-0.1, -0.05) is 60.7 Å². The molecule has 11 nitrogen and oxygen atoms in total. The summed E-state index contributed by atoms with van der Waals surface area (Å²) in [6, 6.07) is 35.7. The van der Waals surface area contributed by atoms with Crippen molar-refractivity contribution in [3.63, 3.8) is 0 Å². The second kappa shape index (κ2) is 23.2. The van der Waals surface area contributed by atoms with Crippen LogP contribution < -0.4 is 20.7 Å². The average molecular weight is 1110 g/mol. The number of fused-ring (bicyclic) bond motifs is 2. The zero-order chi connectivity index (χ0) is 44.9. The number of carbonyl (C=O) groups excluding carboxylic acids is 2. The summed E-state index contributed by atoms with van der Waals surface area (Å²) in [4.78, 5) is 30.7. The van der Waals surface area contributed by atoms with E-state index in [1.54, 1.807) is 38.1 Å². The maximum atomic E-state index is 13.3. The number of carbonyl (C=O) groups is 2. The van der Waals surface area contributed by atoms with Gasteiger partial charge in [-0.15, -0.1) is 0 Å². The van der Waals surface area contributed by atoms with Gasteiger partial charge in [-0.3, -0.25) is 9.59 Å². The van der Waals surface area contributed by atoms with E-state index >= 15 is 0 Å². The Morgan fingerprint density at radius 1 is 0.540 bits per heavy atom. The van der Waals surface area contributed by atoms with Gasteiger partial charge in [0.1, 0.15) is 11.5 Å². The first kappa shape index (κ1) is 47.7. The van der Waals surface area contributed by atoms with Crippen molar-refractivity contribution in [2.24, 2.45) is 10.2 Å². The summed E-state index contributed by atoms with van der Waals surface area (Å²) in [5.41, 5.74) is 9.99. The molecule has 0 unspecified atom stereocenters. The van der Waals surface area contributed by atoms with Crippen molar-refractivity contribution in [3.05, 3.63) is 138 Å². The number of phenolic OH excluding ortho intramolecular Hbond substituents is 2. The first-order chi connectivity index (χ1) is 30.4. The van der Waals surface area contributed by atoms with Crippen LogP contribution >= 0.6 is 63.7 Å². The van der Waals surface area contributed by atoms with E-state index in [0.717, 1.165) is 69.7 Å². The normalized spacial score (nSPS) is 11.8. The number of halogens is 4. The zero-order valence-electron chi connectivity index (χ0n) is 34.9. The van der Waals surface area contributed by atoms with Crippen LogP contribution in [0, 0.1) is 0 Å². The molecule has 0 fully saturated rings. The number of nitrogens with one attached hydrogen (secondary N) is 2. The van der Waals surface area contributed by atoms with Crippen LogP contribution in [0.1, 0.15) is 50.7 Å². The van der Waals surface area contributed by atoms with E-state index in [1.165, 1.54) is 0 Å². The summed E-state index contributed by atoms with van der Waals surface area (Å²) in [5, 5.41) is 33.3. The second-order valence-electron chi connectivity index (χ2n) is 15.0. The summed E-state index contributed by atoms with van der Waals surface area (Å²) in [7, 11) is 0. The molecule has 0 bridgehead atoms. The van der Waals surface area contributed by atoms with E-state index in [0.29, 0.717) is 55.6 Å². The molecule has 0 radical (unpaired) electrons.